The molecule has 2 rings (SSSR count). The van der Waals surface area contributed by atoms with Crippen LogP contribution in [0.3, 0.4) is 0 Å². The molecule has 0 fully saturated rings. The molecule has 0 spiro atoms. The van der Waals surface area contributed by atoms with Gasteiger partial charge in [0.1, 0.15) is 0 Å². The van der Waals surface area contributed by atoms with Crippen molar-refractivity contribution in [2.45, 2.75) is 8.86 Å². The van der Waals surface area contributed by atoms with Gasteiger partial charge in [-0.15, -0.1) is 0 Å². The van der Waals surface area contributed by atoms with Gasteiger partial charge in [0.2, 0.25) is 0 Å². The molecule has 2 aromatic carbocycles. The Morgan fingerprint density at radius 3 is 1.50 bits per heavy atom. The highest BCUT2D eigenvalue weighted by atomic mass is 127. The van der Waals surface area contributed by atoms with E-state index >= 15 is 0 Å². The van der Waals surface area contributed by atoms with Crippen LogP contribution in [0.15, 0.2) is 36.4 Å². The molecule has 0 aromatic heterocycles. The lowest BCUT2D eigenvalue weighted by atomic mass is 10.0. The summed E-state index contributed by atoms with van der Waals surface area (Å²) in [5.41, 5.74) is 2.88. The molecule has 0 N–H and O–H groups in total. The topological polar surface area (TPSA) is 0 Å². The van der Waals surface area contributed by atoms with Crippen molar-refractivity contribution >= 4 is 56.0 Å². The Labute approximate surface area is 111 Å². The Morgan fingerprint density at radius 2 is 1.14 bits per heavy atom. The number of hydrogen-bond donors (Lipinski definition) is 0. The molecule has 0 aliphatic rings. The zero-order valence-corrected chi connectivity index (χ0v) is 11.9. The molecular formula is C12H10I2. The number of hydrogen-bond acceptors (Lipinski definition) is 0. The van der Waals surface area contributed by atoms with Crippen LogP contribution in [0.25, 0.3) is 10.8 Å². The summed E-state index contributed by atoms with van der Waals surface area (Å²) in [6, 6.07) is 13.2. The predicted octanol–water partition coefficient (Wildman–Crippen LogP) is 4.71. The van der Waals surface area contributed by atoms with E-state index in [1.807, 2.05) is 0 Å². The average molecular weight is 408 g/mol. The fourth-order valence-electron chi connectivity index (χ4n) is 1.67. The quantitative estimate of drug-likeness (QED) is 0.499. The number of halogens is 2. The Morgan fingerprint density at radius 1 is 0.714 bits per heavy atom. The molecule has 0 saturated carbocycles. The van der Waals surface area contributed by atoms with Crippen molar-refractivity contribution in [2.75, 3.05) is 0 Å². The van der Waals surface area contributed by atoms with Crippen molar-refractivity contribution in [3.05, 3.63) is 47.5 Å². The van der Waals surface area contributed by atoms with Crippen LogP contribution in [0.2, 0.25) is 0 Å². The summed E-state index contributed by atoms with van der Waals surface area (Å²) in [6.45, 7) is 0. The van der Waals surface area contributed by atoms with Crippen LogP contribution in [-0.2, 0) is 8.86 Å². The molecular weight excluding hydrogens is 398 g/mol. The van der Waals surface area contributed by atoms with Crippen LogP contribution in [0, 0.1) is 0 Å². The Bertz CT molecular complexity index is 406. The van der Waals surface area contributed by atoms with Crippen molar-refractivity contribution in [3.8, 4) is 0 Å². The predicted molar refractivity (Wildman–Crippen MR) is 79.4 cm³/mol. The van der Waals surface area contributed by atoms with Crippen LogP contribution in [0.5, 0.6) is 0 Å². The second kappa shape index (κ2) is 4.79. The lowest BCUT2D eigenvalue weighted by Gasteiger charge is -2.06. The molecule has 0 aliphatic heterocycles. The van der Waals surface area contributed by atoms with Crippen LogP contribution in [-0.4, -0.2) is 0 Å². The first-order chi connectivity index (χ1) is 6.86. The minimum Gasteiger partial charge on any atom is -0.0812 e. The lowest BCUT2D eigenvalue weighted by Crippen LogP contribution is -1.85. The van der Waals surface area contributed by atoms with Crippen molar-refractivity contribution in [3.63, 3.8) is 0 Å². The fourth-order valence-corrected chi connectivity index (χ4v) is 3.00. The smallest absolute Gasteiger partial charge is 0.0253 e. The van der Waals surface area contributed by atoms with E-state index < -0.39 is 0 Å². The minimum absolute atomic E-state index is 1.08. The molecule has 2 aromatic rings. The van der Waals surface area contributed by atoms with Gasteiger partial charge in [0, 0.05) is 8.86 Å². The number of fused-ring (bicyclic) bond motifs is 1. The maximum absolute atomic E-state index is 2.42. The third kappa shape index (κ3) is 1.91. The van der Waals surface area contributed by atoms with Crippen LogP contribution < -0.4 is 0 Å². The van der Waals surface area contributed by atoms with Crippen LogP contribution >= 0.6 is 45.2 Å². The highest BCUT2D eigenvalue weighted by molar-refractivity contribution is 14.1. The first-order valence-corrected chi connectivity index (χ1v) is 7.53. The molecule has 0 unspecified atom stereocenters. The van der Waals surface area contributed by atoms with Gasteiger partial charge in [-0.2, -0.15) is 0 Å². The first kappa shape index (κ1) is 10.7. The Hall–Kier alpha value is 0.160. The first-order valence-electron chi connectivity index (χ1n) is 4.48. The number of benzene rings is 2. The second-order valence-electron chi connectivity index (χ2n) is 3.20. The van der Waals surface area contributed by atoms with Gasteiger partial charge in [0.15, 0.2) is 0 Å². The van der Waals surface area contributed by atoms with Gasteiger partial charge in [0.05, 0.1) is 0 Å². The summed E-state index contributed by atoms with van der Waals surface area (Å²) < 4.78 is 2.17. The highest BCUT2D eigenvalue weighted by Gasteiger charge is 2.02. The van der Waals surface area contributed by atoms with Crippen molar-refractivity contribution < 1.29 is 0 Å². The monoisotopic (exact) mass is 408 g/mol. The maximum atomic E-state index is 2.42. The molecule has 0 atom stereocenters. The van der Waals surface area contributed by atoms with Crippen molar-refractivity contribution in [1.29, 1.82) is 0 Å². The summed E-state index contributed by atoms with van der Waals surface area (Å²) in [7, 11) is 0. The zero-order chi connectivity index (χ0) is 9.97. The molecule has 0 nitrogen and oxygen atoms in total. The molecule has 0 aliphatic carbocycles. The second-order valence-corrected chi connectivity index (χ2v) is 4.72. The third-order valence-electron chi connectivity index (χ3n) is 2.39. The van der Waals surface area contributed by atoms with Crippen LogP contribution in [0.1, 0.15) is 11.1 Å². The Kier molecular flexibility index (Phi) is 3.65. The fraction of sp³-hybridized carbons (Fsp3) is 0.167. The van der Waals surface area contributed by atoms with Gasteiger partial charge in [0.25, 0.3) is 0 Å². The van der Waals surface area contributed by atoms with E-state index in [0.29, 0.717) is 0 Å². The molecule has 14 heavy (non-hydrogen) atoms. The van der Waals surface area contributed by atoms with Crippen LogP contribution in [0.4, 0.5) is 0 Å². The molecule has 0 saturated heterocycles. The van der Waals surface area contributed by atoms with E-state index in [1.165, 1.54) is 21.9 Å². The Balaban J connectivity index is 2.77. The molecule has 72 valence electrons. The van der Waals surface area contributed by atoms with E-state index in [9.17, 15) is 0 Å². The van der Waals surface area contributed by atoms with Gasteiger partial charge in [-0.05, 0) is 21.9 Å². The van der Waals surface area contributed by atoms with E-state index in [2.05, 4.69) is 81.6 Å². The normalized spacial score (nSPS) is 10.7. The minimum atomic E-state index is 1.08. The summed E-state index contributed by atoms with van der Waals surface area (Å²) in [5, 5.41) is 2.83. The third-order valence-corrected chi connectivity index (χ3v) is 4.03. The molecule has 2 heteroatoms. The SMILES string of the molecule is ICc1cccc2c(CI)cccc12. The van der Waals surface area contributed by atoms with Gasteiger partial charge >= 0.3 is 0 Å². The zero-order valence-electron chi connectivity index (χ0n) is 7.63. The molecule has 0 heterocycles. The molecule has 0 amide bonds. The van der Waals surface area contributed by atoms with Crippen molar-refractivity contribution in [2.24, 2.45) is 0 Å². The standard InChI is InChI=1S/C12H10I2/c13-7-9-3-1-5-11-10(8-14)4-2-6-12(9)11/h1-6H,7-8H2. The largest absolute Gasteiger partial charge is 0.0812 e. The van der Waals surface area contributed by atoms with Gasteiger partial charge in [-0.1, -0.05) is 81.6 Å². The molecule has 0 bridgehead atoms. The van der Waals surface area contributed by atoms with Crippen molar-refractivity contribution in [1.82, 2.24) is 0 Å². The van der Waals surface area contributed by atoms with E-state index in [4.69, 9.17) is 0 Å². The number of alkyl halides is 2. The van der Waals surface area contributed by atoms with Gasteiger partial charge in [-0.3, -0.25) is 0 Å². The van der Waals surface area contributed by atoms with Gasteiger partial charge in [-0.25, -0.2) is 0 Å². The van der Waals surface area contributed by atoms with Gasteiger partial charge < -0.3 is 0 Å². The van der Waals surface area contributed by atoms with E-state index in [-0.39, 0.29) is 0 Å². The summed E-state index contributed by atoms with van der Waals surface area (Å²) >= 11 is 4.85. The van der Waals surface area contributed by atoms with E-state index in [0.717, 1.165) is 8.86 Å². The number of rotatable bonds is 2. The highest BCUT2D eigenvalue weighted by Crippen LogP contribution is 2.25. The van der Waals surface area contributed by atoms with E-state index in [1.54, 1.807) is 0 Å². The summed E-state index contributed by atoms with van der Waals surface area (Å²) in [5.74, 6) is 0. The average Bonchev–Trinajstić information content (AvgIpc) is 2.27. The summed E-state index contributed by atoms with van der Waals surface area (Å²) in [4.78, 5) is 0. The lowest BCUT2D eigenvalue weighted by molar-refractivity contribution is 1.46. The maximum Gasteiger partial charge on any atom is 0.0253 e. The molecule has 0 radical (unpaired) electrons. The summed E-state index contributed by atoms with van der Waals surface area (Å²) in [6.07, 6.45) is 0.